The zero-order chi connectivity index (χ0) is 9.35. The number of rotatable bonds is 1. The van der Waals surface area contributed by atoms with Crippen LogP contribution in [0.5, 0.6) is 0 Å². The molecule has 0 aromatic rings. The van der Waals surface area contributed by atoms with Gasteiger partial charge in [0.15, 0.2) is 0 Å². The maximum Gasteiger partial charge on any atom is 0.393 e. The van der Waals surface area contributed by atoms with Crippen LogP contribution in [0.25, 0.3) is 0 Å². The molecule has 0 saturated carbocycles. The lowest BCUT2D eigenvalue weighted by atomic mass is 9.97. The lowest BCUT2D eigenvalue weighted by Crippen LogP contribution is -2.32. The Kier molecular flexibility index (Phi) is 2.60. The van der Waals surface area contributed by atoms with Crippen molar-refractivity contribution in [3.05, 3.63) is 0 Å². The molecule has 1 rings (SSSR count). The second-order valence-electron chi connectivity index (χ2n) is 3.04. The summed E-state index contributed by atoms with van der Waals surface area (Å²) in [5.41, 5.74) is 0. The standard InChI is InChI=1S/C6H11F3N2O/c7-6(8,9)5-2-11(10)1-4(5)3-12/h4-5,12H,1-3,10H2. The van der Waals surface area contributed by atoms with E-state index in [-0.39, 0.29) is 13.1 Å². The van der Waals surface area contributed by atoms with Crippen LogP contribution in [0.15, 0.2) is 0 Å². The normalized spacial score (nSPS) is 32.8. The van der Waals surface area contributed by atoms with E-state index in [0.717, 1.165) is 5.01 Å². The van der Waals surface area contributed by atoms with Gasteiger partial charge in [-0.1, -0.05) is 0 Å². The lowest BCUT2D eigenvalue weighted by Gasteiger charge is -2.18. The number of aliphatic hydroxyl groups is 1. The van der Waals surface area contributed by atoms with E-state index in [0.29, 0.717) is 0 Å². The van der Waals surface area contributed by atoms with Crippen molar-refractivity contribution in [2.45, 2.75) is 6.18 Å². The van der Waals surface area contributed by atoms with Crippen LogP contribution in [-0.4, -0.2) is 36.0 Å². The summed E-state index contributed by atoms with van der Waals surface area (Å²) in [6.45, 7) is -0.562. The van der Waals surface area contributed by atoms with Crippen LogP contribution in [0.1, 0.15) is 0 Å². The monoisotopic (exact) mass is 184 g/mol. The van der Waals surface area contributed by atoms with Gasteiger partial charge in [-0.05, 0) is 0 Å². The van der Waals surface area contributed by atoms with Crippen molar-refractivity contribution in [2.75, 3.05) is 19.7 Å². The van der Waals surface area contributed by atoms with E-state index < -0.39 is 24.6 Å². The molecule has 0 aromatic carbocycles. The zero-order valence-electron chi connectivity index (χ0n) is 6.38. The van der Waals surface area contributed by atoms with Crippen LogP contribution in [0, 0.1) is 11.8 Å². The number of nitrogens with zero attached hydrogens (tertiary/aromatic N) is 1. The molecule has 0 radical (unpaired) electrons. The Bertz CT molecular complexity index is 161. The number of alkyl halides is 3. The van der Waals surface area contributed by atoms with E-state index in [9.17, 15) is 13.2 Å². The zero-order valence-corrected chi connectivity index (χ0v) is 6.38. The van der Waals surface area contributed by atoms with Crippen LogP contribution >= 0.6 is 0 Å². The van der Waals surface area contributed by atoms with Crippen molar-refractivity contribution in [1.29, 1.82) is 0 Å². The summed E-state index contributed by atoms with van der Waals surface area (Å²) < 4.78 is 36.5. The van der Waals surface area contributed by atoms with Crippen molar-refractivity contribution < 1.29 is 18.3 Å². The molecular formula is C6H11F3N2O. The van der Waals surface area contributed by atoms with E-state index in [4.69, 9.17) is 10.9 Å². The molecular weight excluding hydrogens is 173 g/mol. The Balaban J connectivity index is 2.64. The van der Waals surface area contributed by atoms with Crippen molar-refractivity contribution >= 4 is 0 Å². The first-order valence-corrected chi connectivity index (χ1v) is 3.62. The highest BCUT2D eigenvalue weighted by Crippen LogP contribution is 2.36. The predicted octanol–water partition coefficient (Wildman–Crippen LogP) is -0.0373. The number of halogens is 3. The smallest absolute Gasteiger partial charge is 0.393 e. The Morgan fingerprint density at radius 1 is 1.42 bits per heavy atom. The number of nitrogens with two attached hydrogens (primary N) is 1. The average Bonchev–Trinajstić information content (AvgIpc) is 2.29. The van der Waals surface area contributed by atoms with Gasteiger partial charge in [0.2, 0.25) is 0 Å². The molecule has 0 bridgehead atoms. The third kappa shape index (κ3) is 1.88. The second-order valence-corrected chi connectivity index (χ2v) is 3.04. The lowest BCUT2D eigenvalue weighted by molar-refractivity contribution is -0.183. The maximum absolute atomic E-state index is 12.2. The fraction of sp³-hybridized carbons (Fsp3) is 1.00. The van der Waals surface area contributed by atoms with E-state index >= 15 is 0 Å². The molecule has 3 nitrogen and oxygen atoms in total. The number of hydrogen-bond acceptors (Lipinski definition) is 3. The predicted molar refractivity (Wildman–Crippen MR) is 35.9 cm³/mol. The first-order chi connectivity index (χ1) is 5.45. The van der Waals surface area contributed by atoms with Crippen molar-refractivity contribution in [3.8, 4) is 0 Å². The van der Waals surface area contributed by atoms with Gasteiger partial charge in [-0.2, -0.15) is 13.2 Å². The van der Waals surface area contributed by atoms with E-state index in [1.54, 1.807) is 0 Å². The molecule has 1 aliphatic rings. The van der Waals surface area contributed by atoms with Crippen LogP contribution < -0.4 is 5.84 Å². The van der Waals surface area contributed by atoms with E-state index in [1.807, 2.05) is 0 Å². The molecule has 2 atom stereocenters. The quantitative estimate of drug-likeness (QED) is 0.562. The van der Waals surface area contributed by atoms with Gasteiger partial charge in [-0.3, -0.25) is 5.84 Å². The third-order valence-electron chi connectivity index (χ3n) is 2.12. The first kappa shape index (κ1) is 9.76. The summed E-state index contributed by atoms with van der Waals surface area (Å²) in [6.07, 6.45) is -4.25. The minimum absolute atomic E-state index is 0.112. The molecule has 1 heterocycles. The van der Waals surface area contributed by atoms with Gasteiger partial charge in [-0.25, -0.2) is 5.01 Å². The Morgan fingerprint density at radius 2 is 2.00 bits per heavy atom. The summed E-state index contributed by atoms with van der Waals surface area (Å²) in [4.78, 5) is 0. The Morgan fingerprint density at radius 3 is 2.33 bits per heavy atom. The molecule has 72 valence electrons. The molecule has 1 fully saturated rings. The van der Waals surface area contributed by atoms with Crippen molar-refractivity contribution in [1.82, 2.24) is 5.01 Å². The molecule has 0 spiro atoms. The number of hydrazine groups is 1. The second kappa shape index (κ2) is 3.20. The van der Waals surface area contributed by atoms with Crippen LogP contribution in [0.4, 0.5) is 13.2 Å². The Hall–Kier alpha value is -0.330. The highest BCUT2D eigenvalue weighted by atomic mass is 19.4. The molecule has 0 aromatic heterocycles. The minimum atomic E-state index is -4.25. The molecule has 12 heavy (non-hydrogen) atoms. The van der Waals surface area contributed by atoms with Crippen LogP contribution in [0.2, 0.25) is 0 Å². The van der Waals surface area contributed by atoms with Crippen LogP contribution in [-0.2, 0) is 0 Å². The fourth-order valence-corrected chi connectivity index (χ4v) is 1.46. The Labute approximate surface area is 67.9 Å². The van der Waals surface area contributed by atoms with Gasteiger partial charge in [0, 0.05) is 25.6 Å². The van der Waals surface area contributed by atoms with E-state index in [2.05, 4.69) is 0 Å². The summed E-state index contributed by atoms with van der Waals surface area (Å²) in [5, 5.41) is 9.73. The van der Waals surface area contributed by atoms with Crippen molar-refractivity contribution in [2.24, 2.45) is 17.7 Å². The van der Waals surface area contributed by atoms with E-state index in [1.165, 1.54) is 0 Å². The van der Waals surface area contributed by atoms with Gasteiger partial charge in [0.05, 0.1) is 5.92 Å². The SMILES string of the molecule is NN1CC(CO)C(C(F)(F)F)C1. The first-order valence-electron chi connectivity index (χ1n) is 3.62. The molecule has 6 heteroatoms. The fourth-order valence-electron chi connectivity index (χ4n) is 1.46. The molecule has 2 unspecified atom stereocenters. The minimum Gasteiger partial charge on any atom is -0.396 e. The largest absolute Gasteiger partial charge is 0.396 e. The third-order valence-corrected chi connectivity index (χ3v) is 2.12. The maximum atomic E-state index is 12.2. The number of hydrogen-bond donors (Lipinski definition) is 2. The summed E-state index contributed by atoms with van der Waals surface area (Å²) in [6, 6.07) is 0. The van der Waals surface area contributed by atoms with Crippen LogP contribution in [0.3, 0.4) is 0 Å². The molecule has 0 aliphatic carbocycles. The summed E-state index contributed by atoms with van der Waals surface area (Å²) in [5.74, 6) is 2.96. The average molecular weight is 184 g/mol. The van der Waals surface area contributed by atoms with Gasteiger partial charge < -0.3 is 5.11 Å². The van der Waals surface area contributed by atoms with Gasteiger partial charge in [-0.15, -0.1) is 0 Å². The molecule has 0 amide bonds. The topological polar surface area (TPSA) is 49.5 Å². The highest BCUT2D eigenvalue weighted by molar-refractivity contribution is 4.85. The van der Waals surface area contributed by atoms with Gasteiger partial charge in [0.25, 0.3) is 0 Å². The summed E-state index contributed by atoms with van der Waals surface area (Å²) >= 11 is 0. The molecule has 3 N–H and O–H groups in total. The summed E-state index contributed by atoms with van der Waals surface area (Å²) in [7, 11) is 0. The molecule has 1 saturated heterocycles. The highest BCUT2D eigenvalue weighted by Gasteiger charge is 2.48. The number of aliphatic hydroxyl groups excluding tert-OH is 1. The van der Waals surface area contributed by atoms with Crippen molar-refractivity contribution in [3.63, 3.8) is 0 Å². The van der Waals surface area contributed by atoms with Gasteiger partial charge >= 0.3 is 6.18 Å². The van der Waals surface area contributed by atoms with Gasteiger partial charge in [0.1, 0.15) is 0 Å². The molecule has 1 aliphatic heterocycles.